The second kappa shape index (κ2) is 6.26. The lowest BCUT2D eigenvalue weighted by atomic mass is 9.57. The third-order valence-electron chi connectivity index (χ3n) is 6.85. The summed E-state index contributed by atoms with van der Waals surface area (Å²) in [5.74, 6) is 3.19. The average Bonchev–Trinajstić information content (AvgIpc) is 2.95. The number of allylic oxidation sites excluding steroid dienone is 1. The number of ether oxygens (including phenoxy) is 1. The lowest BCUT2D eigenvalue weighted by Crippen LogP contribution is -2.40. The van der Waals surface area contributed by atoms with Crippen molar-refractivity contribution >= 4 is 0 Å². The molecule has 2 N–H and O–H groups in total. The van der Waals surface area contributed by atoms with E-state index in [1.807, 2.05) is 0 Å². The van der Waals surface area contributed by atoms with Crippen LogP contribution in [0.1, 0.15) is 57.8 Å². The van der Waals surface area contributed by atoms with E-state index in [2.05, 4.69) is 6.08 Å². The number of hydrogen-bond acceptors (Lipinski definition) is 3. The first kappa shape index (κ1) is 15.2. The van der Waals surface area contributed by atoms with E-state index in [1.54, 1.807) is 0 Å². The van der Waals surface area contributed by atoms with Gasteiger partial charge in [-0.15, -0.1) is 0 Å². The maximum Gasteiger partial charge on any atom is 0.107 e. The number of aliphatic hydroxyl groups excluding tert-OH is 2. The van der Waals surface area contributed by atoms with Crippen LogP contribution in [-0.4, -0.2) is 35.1 Å². The molecule has 4 rings (SSSR count). The molecule has 0 bridgehead atoms. The van der Waals surface area contributed by atoms with Gasteiger partial charge in [0.1, 0.15) is 6.10 Å². The van der Waals surface area contributed by atoms with Gasteiger partial charge in [0, 0.05) is 6.42 Å². The lowest BCUT2D eigenvalue weighted by molar-refractivity contribution is -0.0205. The molecule has 0 aromatic carbocycles. The topological polar surface area (TPSA) is 49.7 Å². The van der Waals surface area contributed by atoms with Crippen LogP contribution in [0.5, 0.6) is 0 Å². The van der Waals surface area contributed by atoms with Gasteiger partial charge in [-0.3, -0.25) is 0 Å². The van der Waals surface area contributed by atoms with Gasteiger partial charge in [0.2, 0.25) is 0 Å². The van der Waals surface area contributed by atoms with Gasteiger partial charge in [0.05, 0.1) is 18.8 Å². The van der Waals surface area contributed by atoms with Gasteiger partial charge < -0.3 is 14.9 Å². The van der Waals surface area contributed by atoms with E-state index in [1.165, 1.54) is 56.9 Å². The Morgan fingerprint density at radius 2 is 1.73 bits per heavy atom. The minimum absolute atomic E-state index is 0.0561. The molecule has 0 radical (unpaired) electrons. The van der Waals surface area contributed by atoms with Crippen LogP contribution in [0.25, 0.3) is 0 Å². The van der Waals surface area contributed by atoms with Gasteiger partial charge in [-0.05, 0) is 54.9 Å². The zero-order valence-electron chi connectivity index (χ0n) is 13.5. The Morgan fingerprint density at radius 1 is 1.00 bits per heavy atom. The van der Waals surface area contributed by atoms with Gasteiger partial charge >= 0.3 is 0 Å². The molecule has 1 heterocycles. The minimum atomic E-state index is -0.498. The summed E-state index contributed by atoms with van der Waals surface area (Å²) in [4.78, 5) is 0. The van der Waals surface area contributed by atoms with Crippen molar-refractivity contribution in [2.24, 2.45) is 23.7 Å². The predicted molar refractivity (Wildman–Crippen MR) is 85.3 cm³/mol. The Hall–Kier alpha value is -0.380. The van der Waals surface area contributed by atoms with Crippen molar-refractivity contribution in [3.63, 3.8) is 0 Å². The van der Waals surface area contributed by atoms with Crippen LogP contribution >= 0.6 is 0 Å². The Labute approximate surface area is 133 Å². The Kier molecular flexibility index (Phi) is 4.31. The number of fused-ring (bicyclic) bond motifs is 3. The predicted octanol–water partition coefficient (Wildman–Crippen LogP) is 3.05. The Balaban J connectivity index is 1.60. The summed E-state index contributed by atoms with van der Waals surface area (Å²) in [6, 6.07) is 0. The van der Waals surface area contributed by atoms with Crippen LogP contribution in [0.15, 0.2) is 11.6 Å². The second-order valence-electron chi connectivity index (χ2n) is 7.98. The highest BCUT2D eigenvalue weighted by molar-refractivity contribution is 5.23. The number of rotatable bonds is 2. The fourth-order valence-electron chi connectivity index (χ4n) is 5.84. The summed E-state index contributed by atoms with van der Waals surface area (Å²) >= 11 is 0. The SMILES string of the molecule is OC[C@H]1O[C@H](C2=CC3CCCCC3C3CCCCC23)CC1O. The maximum atomic E-state index is 10.1. The fourth-order valence-corrected chi connectivity index (χ4v) is 5.84. The van der Waals surface area contributed by atoms with Gasteiger partial charge in [-0.25, -0.2) is 0 Å². The third kappa shape index (κ3) is 2.55. The highest BCUT2D eigenvalue weighted by Crippen LogP contribution is 2.52. The normalized spacial score (nSPS) is 48.5. The zero-order valence-corrected chi connectivity index (χ0v) is 13.5. The highest BCUT2D eigenvalue weighted by Gasteiger charge is 2.46. The summed E-state index contributed by atoms with van der Waals surface area (Å²) < 4.78 is 6.02. The fraction of sp³-hybridized carbons (Fsp3) is 0.895. The molecule has 4 aliphatic rings. The van der Waals surface area contributed by atoms with Crippen LogP contribution in [-0.2, 0) is 4.74 Å². The van der Waals surface area contributed by atoms with E-state index < -0.39 is 6.10 Å². The summed E-state index contributed by atoms with van der Waals surface area (Å²) in [6.07, 6.45) is 13.4. The first-order chi connectivity index (χ1) is 10.8. The molecule has 124 valence electrons. The molecule has 3 fully saturated rings. The molecule has 3 nitrogen and oxygen atoms in total. The number of aliphatic hydroxyl groups is 2. The van der Waals surface area contributed by atoms with E-state index in [4.69, 9.17) is 4.74 Å². The van der Waals surface area contributed by atoms with Crippen LogP contribution < -0.4 is 0 Å². The third-order valence-corrected chi connectivity index (χ3v) is 6.85. The van der Waals surface area contributed by atoms with Gasteiger partial charge in [0.25, 0.3) is 0 Å². The Morgan fingerprint density at radius 3 is 2.50 bits per heavy atom. The van der Waals surface area contributed by atoms with E-state index in [0.717, 1.165) is 17.8 Å². The standard InChI is InChI=1S/C19H30O3/c20-11-19-17(21)10-18(22-19)16-9-12-5-1-2-6-13(12)14-7-3-4-8-15(14)16/h9,12-15,17-21H,1-8,10-11H2/t12?,13?,14?,15?,17?,18-,19+/m0/s1. The van der Waals surface area contributed by atoms with Crippen molar-refractivity contribution in [1.29, 1.82) is 0 Å². The minimum Gasteiger partial charge on any atom is -0.394 e. The molecular formula is C19H30O3. The molecule has 0 spiro atoms. The van der Waals surface area contributed by atoms with E-state index in [0.29, 0.717) is 12.3 Å². The summed E-state index contributed by atoms with van der Waals surface area (Å²) in [6.45, 7) is -0.0644. The van der Waals surface area contributed by atoms with Crippen molar-refractivity contribution < 1.29 is 14.9 Å². The molecular weight excluding hydrogens is 276 g/mol. The molecule has 5 unspecified atom stereocenters. The van der Waals surface area contributed by atoms with E-state index >= 15 is 0 Å². The smallest absolute Gasteiger partial charge is 0.107 e. The lowest BCUT2D eigenvalue weighted by Gasteiger charge is -2.48. The van der Waals surface area contributed by atoms with Crippen molar-refractivity contribution in [1.82, 2.24) is 0 Å². The molecule has 2 saturated carbocycles. The molecule has 3 aliphatic carbocycles. The summed E-state index contributed by atoms with van der Waals surface area (Å²) in [5, 5.41) is 19.5. The van der Waals surface area contributed by atoms with Gasteiger partial charge in [0.15, 0.2) is 0 Å². The van der Waals surface area contributed by atoms with Crippen LogP contribution in [0.3, 0.4) is 0 Å². The number of hydrogen-bond donors (Lipinski definition) is 2. The zero-order chi connectivity index (χ0) is 15.1. The first-order valence-corrected chi connectivity index (χ1v) is 9.44. The van der Waals surface area contributed by atoms with Gasteiger partial charge in [-0.2, -0.15) is 0 Å². The highest BCUT2D eigenvalue weighted by atomic mass is 16.5. The monoisotopic (exact) mass is 306 g/mol. The average molecular weight is 306 g/mol. The van der Waals surface area contributed by atoms with E-state index in [9.17, 15) is 10.2 Å². The largest absolute Gasteiger partial charge is 0.394 e. The van der Waals surface area contributed by atoms with E-state index in [-0.39, 0.29) is 18.8 Å². The molecule has 0 aromatic rings. The maximum absolute atomic E-state index is 10.1. The van der Waals surface area contributed by atoms with Crippen molar-refractivity contribution in [2.75, 3.05) is 6.61 Å². The summed E-state index contributed by atoms with van der Waals surface area (Å²) in [5.41, 5.74) is 1.49. The van der Waals surface area contributed by atoms with Crippen LogP contribution in [0, 0.1) is 23.7 Å². The second-order valence-corrected chi connectivity index (χ2v) is 7.98. The quantitative estimate of drug-likeness (QED) is 0.771. The Bertz CT molecular complexity index is 432. The van der Waals surface area contributed by atoms with Crippen LogP contribution in [0.4, 0.5) is 0 Å². The van der Waals surface area contributed by atoms with Crippen LogP contribution in [0.2, 0.25) is 0 Å². The van der Waals surface area contributed by atoms with Crippen molar-refractivity contribution in [2.45, 2.75) is 76.1 Å². The molecule has 1 aliphatic heterocycles. The molecule has 3 heteroatoms. The van der Waals surface area contributed by atoms with Crippen molar-refractivity contribution in [3.8, 4) is 0 Å². The first-order valence-electron chi connectivity index (χ1n) is 9.44. The molecule has 0 aromatic heterocycles. The summed E-state index contributed by atoms with van der Waals surface area (Å²) in [7, 11) is 0. The van der Waals surface area contributed by atoms with Gasteiger partial charge in [-0.1, -0.05) is 31.8 Å². The molecule has 1 saturated heterocycles. The molecule has 0 amide bonds. The molecule has 22 heavy (non-hydrogen) atoms. The molecule has 7 atom stereocenters. The van der Waals surface area contributed by atoms with Crippen molar-refractivity contribution in [3.05, 3.63) is 11.6 Å².